The fraction of sp³-hybridized carbons (Fsp3) is 0. The Morgan fingerprint density at radius 1 is 0.958 bits per heavy atom. The lowest BCUT2D eigenvalue weighted by molar-refractivity contribution is 0.577. The minimum absolute atomic E-state index is 0.0846. The molecule has 24 heavy (non-hydrogen) atoms. The Morgan fingerprint density at radius 3 is 2.08 bits per heavy atom. The van der Waals surface area contributed by atoms with Gasteiger partial charge in [-0.05, 0) is 35.9 Å². The molecule has 118 valence electrons. The predicted octanol–water partition coefficient (Wildman–Crippen LogP) is 2.93. The number of nitrogens with two attached hydrogens (primary N) is 1. The third-order valence-corrected chi connectivity index (χ3v) is 3.50. The summed E-state index contributed by atoms with van der Waals surface area (Å²) >= 11 is 0. The first-order chi connectivity index (χ1) is 11.7. The molecule has 3 N–H and O–H groups in total. The van der Waals surface area contributed by atoms with E-state index in [9.17, 15) is 4.79 Å². The number of aromatic amines is 1. The lowest BCUT2D eigenvalue weighted by atomic mass is 10.00. The van der Waals surface area contributed by atoms with E-state index in [-0.39, 0.29) is 11.5 Å². The molecule has 0 unspecified atom stereocenters. The zero-order valence-electron chi connectivity index (χ0n) is 12.4. The van der Waals surface area contributed by atoms with E-state index in [2.05, 4.69) is 15.0 Å². The number of nitrogen functional groups attached to an aromatic ring is 1. The molecule has 0 fully saturated rings. The number of furan rings is 2. The molecule has 0 aliphatic rings. The molecule has 7 heteroatoms. The Balaban J connectivity index is 2.09. The van der Waals surface area contributed by atoms with Crippen molar-refractivity contribution in [3.05, 3.63) is 65.5 Å². The van der Waals surface area contributed by atoms with Gasteiger partial charge < -0.3 is 19.6 Å². The van der Waals surface area contributed by atoms with Gasteiger partial charge in [0.05, 0.1) is 12.5 Å². The first kappa shape index (κ1) is 14.0. The smallest absolute Gasteiger partial charge is 0.248 e. The Bertz CT molecular complexity index is 979. The number of rotatable bonds is 3. The quantitative estimate of drug-likeness (QED) is 0.600. The maximum absolute atomic E-state index is 11.8. The molecule has 0 saturated carbocycles. The summed E-state index contributed by atoms with van der Waals surface area (Å²) in [6.07, 6.45) is 4.65. The van der Waals surface area contributed by atoms with Crippen molar-refractivity contribution in [2.45, 2.75) is 0 Å². The number of pyridine rings is 1. The van der Waals surface area contributed by atoms with Crippen molar-refractivity contribution >= 4 is 5.95 Å². The minimum Gasteiger partial charge on any atom is -0.463 e. The highest BCUT2D eigenvalue weighted by atomic mass is 16.3. The van der Waals surface area contributed by atoms with Gasteiger partial charge in [-0.3, -0.25) is 4.79 Å². The fourth-order valence-corrected chi connectivity index (χ4v) is 2.53. The lowest BCUT2D eigenvalue weighted by Gasteiger charge is -2.12. The summed E-state index contributed by atoms with van der Waals surface area (Å²) in [6.45, 7) is 0. The SMILES string of the molecule is Nc1nc(-c2ccco2)c(-c2cc[nH]c(=O)c2)c(-c2ccco2)n1. The van der Waals surface area contributed by atoms with Crippen LogP contribution in [0.1, 0.15) is 0 Å². The summed E-state index contributed by atoms with van der Waals surface area (Å²) in [5.41, 5.74) is 7.87. The van der Waals surface area contributed by atoms with Crippen molar-refractivity contribution < 1.29 is 8.83 Å². The van der Waals surface area contributed by atoms with Crippen molar-refractivity contribution in [2.24, 2.45) is 0 Å². The van der Waals surface area contributed by atoms with Crippen molar-refractivity contribution in [2.75, 3.05) is 5.73 Å². The van der Waals surface area contributed by atoms with E-state index in [4.69, 9.17) is 14.6 Å². The van der Waals surface area contributed by atoms with E-state index in [0.29, 0.717) is 34.0 Å². The minimum atomic E-state index is -0.236. The maximum atomic E-state index is 11.8. The number of anilines is 1. The molecule has 0 spiro atoms. The fourth-order valence-electron chi connectivity index (χ4n) is 2.53. The second-order valence-electron chi connectivity index (χ2n) is 5.05. The van der Waals surface area contributed by atoms with Crippen LogP contribution < -0.4 is 11.3 Å². The van der Waals surface area contributed by atoms with Crippen LogP contribution in [0.5, 0.6) is 0 Å². The molecule has 4 heterocycles. The van der Waals surface area contributed by atoms with Gasteiger partial charge in [-0.1, -0.05) is 0 Å². The summed E-state index contributed by atoms with van der Waals surface area (Å²) in [4.78, 5) is 23.0. The molecule has 4 aromatic heterocycles. The normalized spacial score (nSPS) is 10.8. The van der Waals surface area contributed by atoms with Crippen LogP contribution in [0.4, 0.5) is 5.95 Å². The zero-order valence-corrected chi connectivity index (χ0v) is 12.4. The van der Waals surface area contributed by atoms with Gasteiger partial charge in [-0.15, -0.1) is 0 Å². The molecular formula is C17H12N4O3. The van der Waals surface area contributed by atoms with Crippen LogP contribution in [-0.2, 0) is 0 Å². The number of hydrogen-bond acceptors (Lipinski definition) is 6. The third kappa shape index (κ3) is 2.38. The maximum Gasteiger partial charge on any atom is 0.248 e. The van der Waals surface area contributed by atoms with Gasteiger partial charge in [-0.2, -0.15) is 0 Å². The van der Waals surface area contributed by atoms with Crippen LogP contribution >= 0.6 is 0 Å². The van der Waals surface area contributed by atoms with E-state index in [1.165, 1.54) is 6.07 Å². The molecular weight excluding hydrogens is 308 g/mol. The van der Waals surface area contributed by atoms with E-state index in [1.807, 2.05) is 0 Å². The van der Waals surface area contributed by atoms with Crippen LogP contribution in [0.2, 0.25) is 0 Å². The Hall–Kier alpha value is -3.61. The van der Waals surface area contributed by atoms with Crippen LogP contribution in [0.3, 0.4) is 0 Å². The summed E-state index contributed by atoms with van der Waals surface area (Å²) in [6, 6.07) is 10.3. The molecule has 0 atom stereocenters. The van der Waals surface area contributed by atoms with Crippen LogP contribution in [0, 0.1) is 0 Å². The summed E-state index contributed by atoms with van der Waals surface area (Å²) in [5.74, 6) is 1.13. The number of aromatic nitrogens is 3. The van der Waals surface area contributed by atoms with E-state index in [0.717, 1.165) is 0 Å². The van der Waals surface area contributed by atoms with Gasteiger partial charge in [0.2, 0.25) is 11.5 Å². The predicted molar refractivity (Wildman–Crippen MR) is 87.9 cm³/mol. The molecule has 0 bridgehead atoms. The van der Waals surface area contributed by atoms with E-state index < -0.39 is 0 Å². The molecule has 7 nitrogen and oxygen atoms in total. The lowest BCUT2D eigenvalue weighted by Crippen LogP contribution is -2.06. The molecule has 0 aliphatic carbocycles. The largest absolute Gasteiger partial charge is 0.463 e. The molecule has 0 aromatic carbocycles. The summed E-state index contributed by atoms with van der Waals surface area (Å²) < 4.78 is 11.0. The molecule has 0 saturated heterocycles. The second kappa shape index (κ2) is 5.54. The summed E-state index contributed by atoms with van der Waals surface area (Å²) in [5, 5.41) is 0. The molecule has 0 amide bonds. The second-order valence-corrected chi connectivity index (χ2v) is 5.05. The number of hydrogen-bond donors (Lipinski definition) is 2. The molecule has 4 rings (SSSR count). The Kier molecular flexibility index (Phi) is 3.24. The van der Waals surface area contributed by atoms with E-state index >= 15 is 0 Å². The number of nitrogens with zero attached hydrogens (tertiary/aromatic N) is 2. The van der Waals surface area contributed by atoms with Crippen molar-refractivity contribution in [1.29, 1.82) is 0 Å². The first-order valence-electron chi connectivity index (χ1n) is 7.17. The summed E-state index contributed by atoms with van der Waals surface area (Å²) in [7, 11) is 0. The average molecular weight is 320 g/mol. The van der Waals surface area contributed by atoms with Gasteiger partial charge in [0.1, 0.15) is 11.4 Å². The highest BCUT2D eigenvalue weighted by Gasteiger charge is 2.21. The van der Waals surface area contributed by atoms with Gasteiger partial charge in [0.15, 0.2) is 11.5 Å². The van der Waals surface area contributed by atoms with Crippen LogP contribution in [0.25, 0.3) is 34.0 Å². The number of nitrogens with one attached hydrogen (secondary N) is 1. The van der Waals surface area contributed by atoms with Gasteiger partial charge in [0.25, 0.3) is 0 Å². The first-order valence-corrected chi connectivity index (χ1v) is 7.17. The van der Waals surface area contributed by atoms with Crippen molar-refractivity contribution in [3.63, 3.8) is 0 Å². The van der Waals surface area contributed by atoms with Crippen molar-refractivity contribution in [1.82, 2.24) is 15.0 Å². The van der Waals surface area contributed by atoms with Crippen LogP contribution in [-0.4, -0.2) is 15.0 Å². The topological polar surface area (TPSA) is 111 Å². The van der Waals surface area contributed by atoms with Crippen LogP contribution in [0.15, 0.2) is 68.8 Å². The average Bonchev–Trinajstić information content (AvgIpc) is 3.28. The molecule has 4 aromatic rings. The molecule has 0 radical (unpaired) electrons. The van der Waals surface area contributed by atoms with E-state index in [1.54, 1.807) is 49.1 Å². The highest BCUT2D eigenvalue weighted by molar-refractivity contribution is 5.89. The van der Waals surface area contributed by atoms with Crippen molar-refractivity contribution in [3.8, 4) is 34.0 Å². The Morgan fingerprint density at radius 2 is 1.58 bits per heavy atom. The monoisotopic (exact) mass is 320 g/mol. The number of H-pyrrole nitrogens is 1. The third-order valence-electron chi connectivity index (χ3n) is 3.50. The standard InChI is InChI=1S/C17H12N4O3/c18-17-20-15(11-3-1-7-23-11)14(10-5-6-19-13(22)9-10)16(21-17)12-4-2-8-24-12/h1-9H,(H,19,22)(H2,18,20,21). The highest BCUT2D eigenvalue weighted by Crippen LogP contribution is 2.38. The Labute approximate surface area is 135 Å². The molecule has 0 aliphatic heterocycles. The zero-order chi connectivity index (χ0) is 16.5. The van der Waals surface area contributed by atoms with Gasteiger partial charge in [0, 0.05) is 17.8 Å². The van der Waals surface area contributed by atoms with Gasteiger partial charge in [-0.25, -0.2) is 9.97 Å². The van der Waals surface area contributed by atoms with Gasteiger partial charge >= 0.3 is 0 Å².